The predicted octanol–water partition coefficient (Wildman–Crippen LogP) is 3.48. The van der Waals surface area contributed by atoms with Gasteiger partial charge in [-0.25, -0.2) is 0 Å². The molecule has 94 valence electrons. The molecule has 0 saturated carbocycles. The Bertz CT molecular complexity index is 235. The van der Waals surface area contributed by atoms with Gasteiger partial charge in [-0.3, -0.25) is 4.79 Å². The van der Waals surface area contributed by atoms with Crippen LogP contribution in [0.25, 0.3) is 0 Å². The fraction of sp³-hybridized carbons (Fsp3) is 0.786. The summed E-state index contributed by atoms with van der Waals surface area (Å²) in [6.45, 7) is 16.1. The number of carbonyl (C=O) groups is 1. The van der Waals surface area contributed by atoms with Crippen molar-refractivity contribution in [2.24, 2.45) is 11.3 Å². The van der Waals surface area contributed by atoms with Gasteiger partial charge in [0.2, 0.25) is 5.91 Å². The van der Waals surface area contributed by atoms with Gasteiger partial charge in [0.25, 0.3) is 0 Å². The summed E-state index contributed by atoms with van der Waals surface area (Å²) in [5.74, 6) is 0.708. The van der Waals surface area contributed by atoms with Crippen LogP contribution in [0.4, 0.5) is 0 Å². The Hall–Kier alpha value is -0.790. The second-order valence-electron chi connectivity index (χ2n) is 4.88. The topological polar surface area (TPSA) is 20.3 Å². The molecule has 1 atom stereocenters. The number of hydrogen-bond donors (Lipinski definition) is 0. The molecule has 0 radical (unpaired) electrons. The summed E-state index contributed by atoms with van der Waals surface area (Å²) in [5.41, 5.74) is 0.289. The maximum atomic E-state index is 11.5. The van der Waals surface area contributed by atoms with Gasteiger partial charge in [0.15, 0.2) is 0 Å². The zero-order valence-electron chi connectivity index (χ0n) is 11.5. The highest BCUT2D eigenvalue weighted by Crippen LogP contribution is 2.36. The molecule has 1 amide bonds. The Morgan fingerprint density at radius 2 is 2.00 bits per heavy atom. The number of rotatable bonds is 2. The molecule has 16 heavy (non-hydrogen) atoms. The lowest BCUT2D eigenvalue weighted by molar-refractivity contribution is -0.129. The van der Waals surface area contributed by atoms with E-state index in [1.54, 1.807) is 0 Å². The Morgan fingerprint density at radius 3 is 2.44 bits per heavy atom. The summed E-state index contributed by atoms with van der Waals surface area (Å²) >= 11 is 0. The summed E-state index contributed by atoms with van der Waals surface area (Å²) < 4.78 is 0. The molecule has 1 saturated heterocycles. The third kappa shape index (κ3) is 3.66. The summed E-state index contributed by atoms with van der Waals surface area (Å²) in [5, 5.41) is 0. The molecule has 1 aliphatic rings. The van der Waals surface area contributed by atoms with Gasteiger partial charge in [0.05, 0.1) is 0 Å². The number of piperidine rings is 1. The van der Waals surface area contributed by atoms with E-state index in [1.807, 2.05) is 18.7 Å². The monoisotopic (exact) mass is 225 g/mol. The molecular formula is C14H27NO. The molecule has 1 unspecified atom stereocenters. The lowest BCUT2D eigenvalue weighted by Crippen LogP contribution is -2.46. The normalized spacial score (nSPS) is 24.8. The minimum atomic E-state index is 0.0802. The van der Waals surface area contributed by atoms with E-state index >= 15 is 0 Å². The predicted molar refractivity (Wildman–Crippen MR) is 70.3 cm³/mol. The number of carbonyl (C=O) groups excluding carboxylic acids is 1. The quantitative estimate of drug-likeness (QED) is 0.659. The molecule has 0 spiro atoms. The maximum absolute atomic E-state index is 11.5. The molecule has 0 aliphatic carbocycles. The largest absolute Gasteiger partial charge is 0.339 e. The summed E-state index contributed by atoms with van der Waals surface area (Å²) in [7, 11) is 0. The number of hydrogen-bond acceptors (Lipinski definition) is 1. The first-order valence-corrected chi connectivity index (χ1v) is 6.41. The fourth-order valence-electron chi connectivity index (χ4n) is 2.06. The molecule has 1 heterocycles. The molecule has 0 N–H and O–H groups in total. The van der Waals surface area contributed by atoms with Gasteiger partial charge in [-0.2, -0.15) is 0 Å². The Labute approximate surface area is 101 Å². The minimum Gasteiger partial charge on any atom is -0.339 e. The third-order valence-electron chi connectivity index (χ3n) is 3.61. The van der Waals surface area contributed by atoms with E-state index in [0.29, 0.717) is 5.92 Å². The Balaban J connectivity index is 0.00000106. The number of amides is 1. The minimum absolute atomic E-state index is 0.0802. The SMILES string of the molecule is C=CC(=O)N1CCCC(C)(C(C)C)C1.CC. The van der Waals surface area contributed by atoms with Gasteiger partial charge < -0.3 is 4.90 Å². The van der Waals surface area contributed by atoms with Crippen molar-refractivity contribution in [3.05, 3.63) is 12.7 Å². The molecule has 0 aromatic heterocycles. The van der Waals surface area contributed by atoms with Crippen LogP contribution in [0.1, 0.15) is 47.5 Å². The Kier molecular flexibility index (Phi) is 6.39. The molecule has 0 aromatic rings. The van der Waals surface area contributed by atoms with Crippen LogP contribution in [0, 0.1) is 11.3 Å². The molecular weight excluding hydrogens is 198 g/mol. The van der Waals surface area contributed by atoms with Gasteiger partial charge in [-0.1, -0.05) is 41.2 Å². The van der Waals surface area contributed by atoms with Crippen LogP contribution in [0.3, 0.4) is 0 Å². The van der Waals surface area contributed by atoms with E-state index in [2.05, 4.69) is 27.4 Å². The molecule has 0 bridgehead atoms. The second kappa shape index (κ2) is 6.72. The highest BCUT2D eigenvalue weighted by Gasteiger charge is 2.34. The van der Waals surface area contributed by atoms with Gasteiger partial charge in [0, 0.05) is 13.1 Å². The van der Waals surface area contributed by atoms with Crippen LogP contribution in [0.15, 0.2) is 12.7 Å². The fourth-order valence-corrected chi connectivity index (χ4v) is 2.06. The van der Waals surface area contributed by atoms with Crippen LogP contribution >= 0.6 is 0 Å². The third-order valence-corrected chi connectivity index (χ3v) is 3.61. The van der Waals surface area contributed by atoms with Crippen LogP contribution in [-0.2, 0) is 4.79 Å². The van der Waals surface area contributed by atoms with E-state index in [0.717, 1.165) is 19.5 Å². The first-order valence-electron chi connectivity index (χ1n) is 6.41. The second-order valence-corrected chi connectivity index (χ2v) is 4.88. The lowest BCUT2D eigenvalue weighted by Gasteiger charge is -2.43. The van der Waals surface area contributed by atoms with E-state index in [4.69, 9.17) is 0 Å². The smallest absolute Gasteiger partial charge is 0.245 e. The average Bonchev–Trinajstić information content (AvgIpc) is 2.30. The van der Waals surface area contributed by atoms with E-state index in [1.165, 1.54) is 12.5 Å². The molecule has 1 rings (SSSR count). The van der Waals surface area contributed by atoms with Crippen molar-refractivity contribution >= 4 is 5.91 Å². The molecule has 0 aromatic carbocycles. The summed E-state index contributed by atoms with van der Waals surface area (Å²) in [4.78, 5) is 13.4. The first-order chi connectivity index (χ1) is 7.49. The number of likely N-dealkylation sites (tertiary alicyclic amines) is 1. The van der Waals surface area contributed by atoms with Gasteiger partial charge in [-0.05, 0) is 30.3 Å². The van der Waals surface area contributed by atoms with E-state index in [9.17, 15) is 4.79 Å². The average molecular weight is 225 g/mol. The van der Waals surface area contributed by atoms with Crippen LogP contribution in [0.2, 0.25) is 0 Å². The highest BCUT2D eigenvalue weighted by atomic mass is 16.2. The first kappa shape index (κ1) is 15.2. The van der Waals surface area contributed by atoms with Gasteiger partial charge >= 0.3 is 0 Å². The highest BCUT2D eigenvalue weighted by molar-refractivity contribution is 5.87. The maximum Gasteiger partial charge on any atom is 0.245 e. The van der Waals surface area contributed by atoms with Crippen molar-refractivity contribution in [3.63, 3.8) is 0 Å². The van der Waals surface area contributed by atoms with E-state index < -0.39 is 0 Å². The molecule has 1 aliphatic heterocycles. The van der Waals surface area contributed by atoms with Crippen molar-refractivity contribution in [2.75, 3.05) is 13.1 Å². The van der Waals surface area contributed by atoms with Crippen molar-refractivity contribution in [1.82, 2.24) is 4.90 Å². The van der Waals surface area contributed by atoms with Crippen molar-refractivity contribution < 1.29 is 4.79 Å². The van der Waals surface area contributed by atoms with Crippen molar-refractivity contribution in [3.8, 4) is 0 Å². The van der Waals surface area contributed by atoms with Gasteiger partial charge in [0.1, 0.15) is 0 Å². The van der Waals surface area contributed by atoms with Crippen LogP contribution in [0.5, 0.6) is 0 Å². The van der Waals surface area contributed by atoms with Crippen molar-refractivity contribution in [1.29, 1.82) is 0 Å². The van der Waals surface area contributed by atoms with Crippen molar-refractivity contribution in [2.45, 2.75) is 47.5 Å². The van der Waals surface area contributed by atoms with Crippen LogP contribution < -0.4 is 0 Å². The molecule has 2 nitrogen and oxygen atoms in total. The zero-order chi connectivity index (χ0) is 12.8. The van der Waals surface area contributed by atoms with Gasteiger partial charge in [-0.15, -0.1) is 0 Å². The van der Waals surface area contributed by atoms with Crippen LogP contribution in [-0.4, -0.2) is 23.9 Å². The summed E-state index contributed by atoms with van der Waals surface area (Å²) in [6.07, 6.45) is 3.77. The van der Waals surface area contributed by atoms with E-state index in [-0.39, 0.29) is 11.3 Å². The zero-order valence-corrected chi connectivity index (χ0v) is 11.5. The number of nitrogens with zero attached hydrogens (tertiary/aromatic N) is 1. The lowest BCUT2D eigenvalue weighted by atomic mass is 9.73. The summed E-state index contributed by atoms with van der Waals surface area (Å²) in [6, 6.07) is 0. The standard InChI is InChI=1S/C12H21NO.C2H6/c1-5-11(14)13-8-6-7-12(4,9-13)10(2)3;1-2/h5,10H,1,6-9H2,2-4H3;1-2H3. The molecule has 1 fully saturated rings. The Morgan fingerprint density at radius 1 is 1.44 bits per heavy atom. The molecule has 2 heteroatoms.